The molecule has 1 atom stereocenters. The lowest BCUT2D eigenvalue weighted by atomic mass is 9.89. The molecular weight excluding hydrogens is 304 g/mol. The predicted molar refractivity (Wildman–Crippen MR) is 81.8 cm³/mol. The summed E-state index contributed by atoms with van der Waals surface area (Å²) in [6.07, 6.45) is 5.39. The molecule has 3 heterocycles. The molecule has 0 aromatic carbocycles. The normalized spacial score (nSPS) is 25.6. The maximum absolute atomic E-state index is 11.6. The molecule has 1 spiro atoms. The lowest BCUT2D eigenvalue weighted by Crippen LogP contribution is -2.46. The van der Waals surface area contributed by atoms with Crippen LogP contribution in [0.25, 0.3) is 0 Å². The Morgan fingerprint density at radius 2 is 2.18 bits per heavy atom. The summed E-state index contributed by atoms with van der Waals surface area (Å²) in [4.78, 5) is 4.24. The van der Waals surface area contributed by atoms with Crippen LogP contribution >= 0.6 is 0 Å². The summed E-state index contributed by atoms with van der Waals surface area (Å²) in [6, 6.07) is 5.77. The molecule has 2 aliphatic rings. The fourth-order valence-corrected chi connectivity index (χ4v) is 4.02. The lowest BCUT2D eigenvalue weighted by molar-refractivity contribution is -0.0343. The average Bonchev–Trinajstić information content (AvgIpc) is 2.89. The van der Waals surface area contributed by atoms with Gasteiger partial charge in [-0.15, -0.1) is 0 Å². The standard InChI is InChI=1S/C15H22N2O4S/c1-22(18,19)17-8-5-15(6-9-17)10-14(12-21-15)20-11-13-4-2-3-7-16-13/h2-4,7,14H,5-6,8-12H2,1H3/t14-/m1/s1. The first-order valence-corrected chi connectivity index (χ1v) is 9.42. The summed E-state index contributed by atoms with van der Waals surface area (Å²) in [5.41, 5.74) is 0.700. The Hall–Kier alpha value is -1.02. The van der Waals surface area contributed by atoms with E-state index in [9.17, 15) is 8.42 Å². The second-order valence-corrected chi connectivity index (χ2v) is 8.10. The smallest absolute Gasteiger partial charge is 0.211 e. The SMILES string of the molecule is CS(=O)(=O)N1CCC2(CC1)C[C@@H](OCc1ccccn1)CO2. The van der Waals surface area contributed by atoms with E-state index in [0.29, 0.717) is 26.3 Å². The molecule has 0 aliphatic carbocycles. The zero-order valence-electron chi connectivity index (χ0n) is 12.8. The minimum Gasteiger partial charge on any atom is -0.372 e. The van der Waals surface area contributed by atoms with E-state index in [-0.39, 0.29) is 11.7 Å². The third-order valence-corrected chi connectivity index (χ3v) is 5.77. The van der Waals surface area contributed by atoms with Crippen LogP contribution in [0.1, 0.15) is 25.0 Å². The van der Waals surface area contributed by atoms with Gasteiger partial charge in [0.05, 0.1) is 36.9 Å². The van der Waals surface area contributed by atoms with Gasteiger partial charge in [-0.05, 0) is 25.0 Å². The highest BCUT2D eigenvalue weighted by atomic mass is 32.2. The Morgan fingerprint density at radius 1 is 1.41 bits per heavy atom. The second-order valence-electron chi connectivity index (χ2n) is 6.11. The molecule has 0 bridgehead atoms. The minimum absolute atomic E-state index is 0.0618. The van der Waals surface area contributed by atoms with Gasteiger partial charge in [-0.1, -0.05) is 6.07 Å². The van der Waals surface area contributed by atoms with Gasteiger partial charge in [0.1, 0.15) is 0 Å². The number of nitrogens with zero attached hydrogens (tertiary/aromatic N) is 2. The second kappa shape index (κ2) is 6.23. The van der Waals surface area contributed by atoms with E-state index in [2.05, 4.69) is 4.98 Å². The van der Waals surface area contributed by atoms with E-state index >= 15 is 0 Å². The monoisotopic (exact) mass is 326 g/mol. The molecule has 122 valence electrons. The molecule has 1 aromatic heterocycles. The molecular formula is C15H22N2O4S. The number of ether oxygens (including phenoxy) is 2. The summed E-state index contributed by atoms with van der Waals surface area (Å²) >= 11 is 0. The third kappa shape index (κ3) is 3.65. The number of aromatic nitrogens is 1. The molecule has 2 fully saturated rings. The van der Waals surface area contributed by atoms with Crippen molar-refractivity contribution in [1.82, 2.24) is 9.29 Å². The van der Waals surface area contributed by atoms with Gasteiger partial charge in [0.15, 0.2) is 0 Å². The van der Waals surface area contributed by atoms with Crippen LogP contribution in [0.4, 0.5) is 0 Å². The molecule has 2 aliphatic heterocycles. The molecule has 1 aromatic rings. The van der Waals surface area contributed by atoms with Crippen molar-refractivity contribution in [2.75, 3.05) is 26.0 Å². The van der Waals surface area contributed by atoms with Crippen LogP contribution < -0.4 is 0 Å². The predicted octanol–water partition coefficient (Wildman–Crippen LogP) is 1.18. The highest BCUT2D eigenvalue weighted by Gasteiger charge is 2.44. The van der Waals surface area contributed by atoms with Crippen molar-refractivity contribution in [2.45, 2.75) is 37.6 Å². The van der Waals surface area contributed by atoms with Gasteiger partial charge in [0.2, 0.25) is 10.0 Å². The molecule has 0 saturated carbocycles. The third-order valence-electron chi connectivity index (χ3n) is 4.47. The number of hydrogen-bond donors (Lipinski definition) is 0. The van der Waals surface area contributed by atoms with Gasteiger partial charge in [0, 0.05) is 25.7 Å². The molecule has 6 nitrogen and oxygen atoms in total. The molecule has 0 unspecified atom stereocenters. The van der Waals surface area contributed by atoms with Crippen molar-refractivity contribution in [3.8, 4) is 0 Å². The van der Waals surface area contributed by atoms with Crippen molar-refractivity contribution >= 4 is 10.0 Å². The van der Waals surface area contributed by atoms with Gasteiger partial charge < -0.3 is 9.47 Å². The first-order valence-electron chi connectivity index (χ1n) is 7.57. The minimum atomic E-state index is -3.09. The van der Waals surface area contributed by atoms with Gasteiger partial charge in [-0.2, -0.15) is 0 Å². The van der Waals surface area contributed by atoms with Crippen LogP contribution in [0, 0.1) is 0 Å². The molecule has 2 saturated heterocycles. The Kier molecular flexibility index (Phi) is 4.49. The van der Waals surface area contributed by atoms with E-state index in [1.165, 1.54) is 10.6 Å². The molecule has 0 radical (unpaired) electrons. The number of rotatable bonds is 4. The maximum Gasteiger partial charge on any atom is 0.211 e. The molecule has 0 amide bonds. The average molecular weight is 326 g/mol. The van der Waals surface area contributed by atoms with Crippen LogP contribution in [0.2, 0.25) is 0 Å². The summed E-state index contributed by atoms with van der Waals surface area (Å²) in [5.74, 6) is 0. The van der Waals surface area contributed by atoms with Crippen LogP contribution in [-0.2, 0) is 26.1 Å². The maximum atomic E-state index is 11.6. The van der Waals surface area contributed by atoms with Crippen LogP contribution in [0.15, 0.2) is 24.4 Å². The number of pyridine rings is 1. The van der Waals surface area contributed by atoms with E-state index in [1.54, 1.807) is 6.20 Å². The van der Waals surface area contributed by atoms with Gasteiger partial charge in [-0.3, -0.25) is 4.98 Å². The van der Waals surface area contributed by atoms with Crippen LogP contribution in [0.3, 0.4) is 0 Å². The number of hydrogen-bond acceptors (Lipinski definition) is 5. The number of sulfonamides is 1. The van der Waals surface area contributed by atoms with E-state index in [0.717, 1.165) is 25.0 Å². The van der Waals surface area contributed by atoms with Crippen molar-refractivity contribution in [1.29, 1.82) is 0 Å². The summed E-state index contributed by atoms with van der Waals surface area (Å²) in [5, 5.41) is 0. The zero-order valence-corrected chi connectivity index (χ0v) is 13.6. The Balaban J connectivity index is 1.50. The first kappa shape index (κ1) is 15.9. The van der Waals surface area contributed by atoms with Crippen molar-refractivity contribution in [2.24, 2.45) is 0 Å². The van der Waals surface area contributed by atoms with E-state index in [1.807, 2.05) is 18.2 Å². The molecule has 3 rings (SSSR count). The Morgan fingerprint density at radius 3 is 2.82 bits per heavy atom. The highest BCUT2D eigenvalue weighted by Crippen LogP contribution is 2.37. The molecule has 22 heavy (non-hydrogen) atoms. The fraction of sp³-hybridized carbons (Fsp3) is 0.667. The van der Waals surface area contributed by atoms with E-state index in [4.69, 9.17) is 9.47 Å². The largest absolute Gasteiger partial charge is 0.372 e. The zero-order chi connectivity index (χ0) is 15.6. The summed E-state index contributed by atoms with van der Waals surface area (Å²) < 4.78 is 36.5. The van der Waals surface area contributed by atoms with Gasteiger partial charge >= 0.3 is 0 Å². The lowest BCUT2D eigenvalue weighted by Gasteiger charge is -2.37. The quantitative estimate of drug-likeness (QED) is 0.831. The van der Waals surface area contributed by atoms with Crippen molar-refractivity contribution in [3.63, 3.8) is 0 Å². The van der Waals surface area contributed by atoms with Crippen molar-refractivity contribution < 1.29 is 17.9 Å². The van der Waals surface area contributed by atoms with Gasteiger partial charge in [0.25, 0.3) is 0 Å². The Bertz CT molecular complexity index is 597. The Labute approximate surface area is 131 Å². The van der Waals surface area contributed by atoms with Crippen molar-refractivity contribution in [3.05, 3.63) is 30.1 Å². The van der Waals surface area contributed by atoms with Crippen LogP contribution in [-0.4, -0.2) is 55.4 Å². The van der Waals surface area contributed by atoms with Gasteiger partial charge in [-0.25, -0.2) is 12.7 Å². The number of piperidine rings is 1. The highest BCUT2D eigenvalue weighted by molar-refractivity contribution is 7.88. The summed E-state index contributed by atoms with van der Waals surface area (Å²) in [6.45, 7) is 2.13. The van der Waals surface area contributed by atoms with E-state index < -0.39 is 10.0 Å². The molecule has 0 N–H and O–H groups in total. The molecule has 7 heteroatoms. The topological polar surface area (TPSA) is 68.7 Å². The summed E-state index contributed by atoms with van der Waals surface area (Å²) in [7, 11) is -3.09. The first-order chi connectivity index (χ1) is 10.5. The van der Waals surface area contributed by atoms with Crippen LogP contribution in [0.5, 0.6) is 0 Å². The fourth-order valence-electron chi connectivity index (χ4n) is 3.17.